The fourth-order valence-electron chi connectivity index (χ4n) is 1.59. The molecule has 2 aromatic rings. The summed E-state index contributed by atoms with van der Waals surface area (Å²) in [6, 6.07) is 8.12. The lowest BCUT2D eigenvalue weighted by molar-refractivity contribution is 0.422. The zero-order chi connectivity index (χ0) is 13.2. The third kappa shape index (κ3) is 3.68. The van der Waals surface area contributed by atoms with Gasteiger partial charge in [0, 0.05) is 34.0 Å². The summed E-state index contributed by atoms with van der Waals surface area (Å²) < 4.78 is 1.06. The minimum atomic E-state index is 0.112. The van der Waals surface area contributed by atoms with Crippen LogP contribution in [0.25, 0.3) is 11.4 Å². The molecular formula is C14H18BrN3. The average molecular weight is 308 g/mol. The molecule has 3 nitrogen and oxygen atoms in total. The van der Waals surface area contributed by atoms with E-state index in [9.17, 15) is 0 Å². The summed E-state index contributed by atoms with van der Waals surface area (Å²) in [5.41, 5.74) is 2.30. The van der Waals surface area contributed by atoms with Crippen molar-refractivity contribution in [3.8, 4) is 11.4 Å². The molecule has 0 aliphatic rings. The Balaban J connectivity index is 2.11. The fraction of sp³-hybridized carbons (Fsp3) is 0.357. The molecule has 1 aromatic heterocycles. The van der Waals surface area contributed by atoms with E-state index in [0.717, 1.165) is 28.1 Å². The molecule has 0 saturated heterocycles. The van der Waals surface area contributed by atoms with E-state index < -0.39 is 0 Å². The van der Waals surface area contributed by atoms with Crippen LogP contribution in [-0.4, -0.2) is 15.5 Å². The van der Waals surface area contributed by atoms with Gasteiger partial charge in [0.05, 0.1) is 0 Å². The summed E-state index contributed by atoms with van der Waals surface area (Å²) in [4.78, 5) is 7.75. The van der Waals surface area contributed by atoms with E-state index in [0.29, 0.717) is 0 Å². The predicted molar refractivity (Wildman–Crippen MR) is 78.3 cm³/mol. The van der Waals surface area contributed by atoms with E-state index in [2.05, 4.69) is 58.1 Å². The summed E-state index contributed by atoms with van der Waals surface area (Å²) in [6.45, 7) is 7.25. The number of aromatic nitrogens is 2. The molecule has 0 spiro atoms. The second kappa shape index (κ2) is 5.24. The quantitative estimate of drug-likeness (QED) is 0.907. The van der Waals surface area contributed by atoms with Crippen molar-refractivity contribution < 1.29 is 0 Å². The van der Waals surface area contributed by atoms with Gasteiger partial charge in [0.15, 0.2) is 0 Å². The molecule has 1 heterocycles. The molecule has 0 aliphatic heterocycles. The molecular weight excluding hydrogens is 290 g/mol. The molecule has 2 rings (SSSR count). The molecule has 0 aliphatic carbocycles. The van der Waals surface area contributed by atoms with E-state index in [1.165, 1.54) is 0 Å². The summed E-state index contributed by atoms with van der Waals surface area (Å²) in [5, 5.41) is 3.43. The van der Waals surface area contributed by atoms with Crippen LogP contribution in [0.5, 0.6) is 0 Å². The fourth-order valence-corrected chi connectivity index (χ4v) is 1.99. The standard InChI is InChI=1S/C14H18BrN3/c1-14(2,3)17-9-12-8-16-13(18-12)10-5-4-6-11(15)7-10/h4-8,17H,9H2,1-3H3,(H,16,18). The smallest absolute Gasteiger partial charge is 0.137 e. The monoisotopic (exact) mass is 307 g/mol. The first kappa shape index (κ1) is 13.3. The lowest BCUT2D eigenvalue weighted by Gasteiger charge is -2.19. The molecule has 0 atom stereocenters. The largest absolute Gasteiger partial charge is 0.341 e. The van der Waals surface area contributed by atoms with Crippen molar-refractivity contribution in [1.29, 1.82) is 0 Å². The summed E-state index contributed by atoms with van der Waals surface area (Å²) in [5.74, 6) is 0.905. The van der Waals surface area contributed by atoms with Gasteiger partial charge in [-0.1, -0.05) is 28.1 Å². The van der Waals surface area contributed by atoms with E-state index in [1.54, 1.807) is 0 Å². The van der Waals surface area contributed by atoms with Crippen LogP contribution in [-0.2, 0) is 6.54 Å². The number of imidazole rings is 1. The van der Waals surface area contributed by atoms with Crippen molar-refractivity contribution >= 4 is 15.9 Å². The SMILES string of the molecule is CC(C)(C)NCc1cnc(-c2cccc(Br)c2)[nH]1. The second-order valence-electron chi connectivity index (χ2n) is 5.37. The number of halogens is 1. The Morgan fingerprint density at radius 3 is 2.78 bits per heavy atom. The van der Waals surface area contributed by atoms with E-state index in [-0.39, 0.29) is 5.54 Å². The van der Waals surface area contributed by atoms with Crippen molar-refractivity contribution in [3.05, 3.63) is 40.6 Å². The maximum atomic E-state index is 4.41. The minimum absolute atomic E-state index is 0.112. The molecule has 1 aromatic carbocycles. The van der Waals surface area contributed by atoms with Crippen LogP contribution in [0.1, 0.15) is 26.5 Å². The normalized spacial score (nSPS) is 11.8. The maximum absolute atomic E-state index is 4.41. The van der Waals surface area contributed by atoms with Gasteiger partial charge >= 0.3 is 0 Å². The van der Waals surface area contributed by atoms with Crippen LogP contribution in [0, 0.1) is 0 Å². The number of hydrogen-bond donors (Lipinski definition) is 2. The predicted octanol–water partition coefficient (Wildman–Crippen LogP) is 3.73. The Bertz CT molecular complexity index is 526. The summed E-state index contributed by atoms with van der Waals surface area (Å²) >= 11 is 3.47. The molecule has 2 N–H and O–H groups in total. The van der Waals surface area contributed by atoms with Crippen molar-refractivity contribution in [3.63, 3.8) is 0 Å². The van der Waals surface area contributed by atoms with Gasteiger partial charge in [0.1, 0.15) is 5.82 Å². The van der Waals surface area contributed by atoms with Gasteiger partial charge in [-0.3, -0.25) is 0 Å². The molecule has 0 saturated carbocycles. The van der Waals surface area contributed by atoms with Crippen LogP contribution in [0.4, 0.5) is 0 Å². The molecule has 0 unspecified atom stereocenters. The topological polar surface area (TPSA) is 40.7 Å². The lowest BCUT2D eigenvalue weighted by atomic mass is 10.1. The Kier molecular flexibility index (Phi) is 3.88. The van der Waals surface area contributed by atoms with Crippen LogP contribution in [0.2, 0.25) is 0 Å². The number of benzene rings is 1. The van der Waals surface area contributed by atoms with Crippen LogP contribution in [0.15, 0.2) is 34.9 Å². The van der Waals surface area contributed by atoms with E-state index >= 15 is 0 Å². The minimum Gasteiger partial charge on any atom is -0.341 e. The number of nitrogens with zero attached hydrogens (tertiary/aromatic N) is 1. The van der Waals surface area contributed by atoms with E-state index in [4.69, 9.17) is 0 Å². The molecule has 4 heteroatoms. The number of nitrogens with one attached hydrogen (secondary N) is 2. The highest BCUT2D eigenvalue weighted by atomic mass is 79.9. The second-order valence-corrected chi connectivity index (χ2v) is 6.29. The molecule has 0 amide bonds. The number of H-pyrrole nitrogens is 1. The zero-order valence-corrected chi connectivity index (χ0v) is 12.5. The van der Waals surface area contributed by atoms with E-state index in [1.807, 2.05) is 24.4 Å². The van der Waals surface area contributed by atoms with Gasteiger partial charge < -0.3 is 10.3 Å². The maximum Gasteiger partial charge on any atom is 0.137 e. The zero-order valence-electron chi connectivity index (χ0n) is 10.9. The van der Waals surface area contributed by atoms with Crippen LogP contribution >= 0.6 is 15.9 Å². The highest BCUT2D eigenvalue weighted by Crippen LogP contribution is 2.20. The van der Waals surface area contributed by atoms with Gasteiger partial charge in [-0.15, -0.1) is 0 Å². The lowest BCUT2D eigenvalue weighted by Crippen LogP contribution is -2.35. The van der Waals surface area contributed by atoms with Crippen LogP contribution < -0.4 is 5.32 Å². The summed E-state index contributed by atoms with van der Waals surface area (Å²) in [6.07, 6.45) is 1.88. The third-order valence-electron chi connectivity index (χ3n) is 2.54. The summed E-state index contributed by atoms with van der Waals surface area (Å²) in [7, 11) is 0. The molecule has 18 heavy (non-hydrogen) atoms. The Labute approximate surface area is 116 Å². The van der Waals surface area contributed by atoms with Gasteiger partial charge in [-0.2, -0.15) is 0 Å². The molecule has 0 bridgehead atoms. The van der Waals surface area contributed by atoms with Gasteiger partial charge in [-0.25, -0.2) is 4.98 Å². The number of aromatic amines is 1. The van der Waals surface area contributed by atoms with Crippen LogP contribution in [0.3, 0.4) is 0 Å². The number of hydrogen-bond acceptors (Lipinski definition) is 2. The van der Waals surface area contributed by atoms with Crippen molar-refractivity contribution in [2.75, 3.05) is 0 Å². The molecule has 0 radical (unpaired) electrons. The third-order valence-corrected chi connectivity index (χ3v) is 3.03. The van der Waals surface area contributed by atoms with Crippen molar-refractivity contribution in [2.24, 2.45) is 0 Å². The Hall–Kier alpha value is -1.13. The highest BCUT2D eigenvalue weighted by molar-refractivity contribution is 9.10. The Morgan fingerprint density at radius 1 is 1.33 bits per heavy atom. The average Bonchev–Trinajstić information content (AvgIpc) is 2.74. The first-order valence-corrected chi connectivity index (χ1v) is 6.78. The van der Waals surface area contributed by atoms with Crippen molar-refractivity contribution in [2.45, 2.75) is 32.9 Å². The first-order chi connectivity index (χ1) is 8.44. The molecule has 0 fully saturated rings. The van der Waals surface area contributed by atoms with Gasteiger partial charge in [0.2, 0.25) is 0 Å². The van der Waals surface area contributed by atoms with Gasteiger partial charge in [0.25, 0.3) is 0 Å². The Morgan fingerprint density at radius 2 is 2.11 bits per heavy atom. The highest BCUT2D eigenvalue weighted by Gasteiger charge is 2.10. The van der Waals surface area contributed by atoms with Gasteiger partial charge in [-0.05, 0) is 32.9 Å². The number of rotatable bonds is 3. The molecule has 96 valence electrons. The van der Waals surface area contributed by atoms with Crippen molar-refractivity contribution in [1.82, 2.24) is 15.3 Å². The first-order valence-electron chi connectivity index (χ1n) is 5.99.